The average Bonchev–Trinajstić information content (AvgIpc) is 2.77. The normalized spacial score (nSPS) is 21.0. The van der Waals surface area contributed by atoms with Crippen molar-refractivity contribution in [3.05, 3.63) is 88.1 Å². The lowest BCUT2D eigenvalue weighted by atomic mass is 9.65. The van der Waals surface area contributed by atoms with Crippen LogP contribution in [0.25, 0.3) is 0 Å². The molecule has 0 amide bonds. The van der Waals surface area contributed by atoms with Crippen LogP contribution in [0.2, 0.25) is 0 Å². The first-order valence-electron chi connectivity index (χ1n) is 12.2. The molecular weight excluding hydrogens is 459 g/mol. The standard InChI is InChI=1S/C30H29FO5/c1-29(2)13-21(32)26-23(15-29)36-24-16-30(3,4)14-22(33)27(24)25(26)17-9-11-18(12-10-17)35-28(34)19-7-5-6-8-20(19)31/h5-12,25H,13-16H2,1-4H3. The van der Waals surface area contributed by atoms with E-state index in [1.165, 1.54) is 18.2 Å². The van der Waals surface area contributed by atoms with Crippen molar-refractivity contribution in [2.24, 2.45) is 10.8 Å². The minimum atomic E-state index is -0.795. The third-order valence-corrected chi connectivity index (χ3v) is 7.10. The van der Waals surface area contributed by atoms with Crippen molar-refractivity contribution < 1.29 is 28.2 Å². The maximum Gasteiger partial charge on any atom is 0.346 e. The summed E-state index contributed by atoms with van der Waals surface area (Å²) < 4.78 is 25.6. The Morgan fingerprint density at radius 3 is 1.89 bits per heavy atom. The fraction of sp³-hybridized carbons (Fsp3) is 0.367. The molecule has 0 saturated heterocycles. The van der Waals surface area contributed by atoms with E-state index in [0.717, 1.165) is 5.56 Å². The zero-order valence-corrected chi connectivity index (χ0v) is 20.9. The SMILES string of the molecule is CC1(C)CC(=O)C2=C(C1)OC1=C(C(=O)CC(C)(C)C1)C2c1ccc(OC(=O)c2ccccc2F)cc1. The molecule has 3 aliphatic rings. The zero-order chi connectivity index (χ0) is 25.8. The van der Waals surface area contributed by atoms with Gasteiger partial charge in [0, 0.05) is 42.7 Å². The fourth-order valence-electron chi connectivity index (χ4n) is 5.53. The Kier molecular flexibility index (Phi) is 5.73. The molecule has 5 nitrogen and oxygen atoms in total. The lowest BCUT2D eigenvalue weighted by Crippen LogP contribution is -2.37. The topological polar surface area (TPSA) is 69.7 Å². The Morgan fingerprint density at radius 2 is 1.36 bits per heavy atom. The van der Waals surface area contributed by atoms with Crippen molar-refractivity contribution in [3.63, 3.8) is 0 Å². The summed E-state index contributed by atoms with van der Waals surface area (Å²) in [5, 5.41) is 0. The van der Waals surface area contributed by atoms with Gasteiger partial charge in [0.2, 0.25) is 0 Å². The second kappa shape index (κ2) is 8.54. The highest BCUT2D eigenvalue weighted by Crippen LogP contribution is 2.53. The molecule has 2 aromatic rings. The van der Waals surface area contributed by atoms with Crippen LogP contribution < -0.4 is 4.74 Å². The lowest BCUT2D eigenvalue weighted by molar-refractivity contribution is -0.120. The number of hydrogen-bond donors (Lipinski definition) is 0. The molecule has 0 aromatic heterocycles. The molecule has 0 unspecified atom stereocenters. The average molecular weight is 489 g/mol. The van der Waals surface area contributed by atoms with Gasteiger partial charge in [-0.1, -0.05) is 52.0 Å². The lowest BCUT2D eigenvalue weighted by Gasteiger charge is -2.42. The Balaban J connectivity index is 1.52. The summed E-state index contributed by atoms with van der Waals surface area (Å²) in [6.07, 6.45) is 2.00. The number of ether oxygens (including phenoxy) is 2. The quantitative estimate of drug-likeness (QED) is 0.367. The largest absolute Gasteiger partial charge is 0.465 e. The number of Topliss-reactive ketones (excluding diaryl/α,β-unsaturated/α-hetero) is 2. The smallest absolute Gasteiger partial charge is 0.346 e. The van der Waals surface area contributed by atoms with E-state index in [2.05, 4.69) is 0 Å². The van der Waals surface area contributed by atoms with Gasteiger partial charge in [-0.05, 0) is 40.7 Å². The Labute approximate surface area is 210 Å². The van der Waals surface area contributed by atoms with E-state index in [9.17, 15) is 18.8 Å². The van der Waals surface area contributed by atoms with Crippen LogP contribution in [0.5, 0.6) is 5.75 Å². The molecule has 1 heterocycles. The van der Waals surface area contributed by atoms with E-state index < -0.39 is 17.7 Å². The van der Waals surface area contributed by atoms with E-state index in [1.807, 2.05) is 27.7 Å². The number of allylic oxidation sites excluding steroid dienone is 4. The van der Waals surface area contributed by atoms with Crippen LogP contribution in [0.4, 0.5) is 4.39 Å². The van der Waals surface area contributed by atoms with Gasteiger partial charge in [-0.25, -0.2) is 9.18 Å². The van der Waals surface area contributed by atoms with Gasteiger partial charge in [0.05, 0.1) is 5.56 Å². The first-order valence-corrected chi connectivity index (χ1v) is 12.2. The van der Waals surface area contributed by atoms with E-state index in [-0.39, 0.29) is 33.7 Å². The van der Waals surface area contributed by atoms with Crippen molar-refractivity contribution in [1.82, 2.24) is 0 Å². The first kappa shape index (κ1) is 24.2. The number of esters is 1. The molecule has 0 radical (unpaired) electrons. The summed E-state index contributed by atoms with van der Waals surface area (Å²) in [6.45, 7) is 8.19. The molecule has 0 fully saturated rings. The van der Waals surface area contributed by atoms with Crippen molar-refractivity contribution in [2.45, 2.75) is 59.3 Å². The predicted molar refractivity (Wildman–Crippen MR) is 132 cm³/mol. The molecule has 2 aromatic carbocycles. The molecule has 0 saturated carbocycles. The minimum Gasteiger partial charge on any atom is -0.465 e. The predicted octanol–water partition coefficient (Wildman–Crippen LogP) is 6.45. The molecule has 2 aliphatic carbocycles. The van der Waals surface area contributed by atoms with Crippen molar-refractivity contribution in [1.29, 1.82) is 0 Å². The highest BCUT2D eigenvalue weighted by Gasteiger charge is 2.47. The molecule has 5 rings (SSSR count). The molecule has 186 valence electrons. The molecule has 0 bridgehead atoms. The second-order valence-electron chi connectivity index (χ2n) is 11.5. The van der Waals surface area contributed by atoms with Gasteiger partial charge < -0.3 is 9.47 Å². The minimum absolute atomic E-state index is 0.00880. The number of rotatable bonds is 3. The van der Waals surface area contributed by atoms with Gasteiger partial charge >= 0.3 is 5.97 Å². The number of halogens is 1. The maximum atomic E-state index is 14.0. The van der Waals surface area contributed by atoms with Gasteiger partial charge in [-0.15, -0.1) is 0 Å². The highest BCUT2D eigenvalue weighted by molar-refractivity contribution is 6.06. The number of hydrogen-bond acceptors (Lipinski definition) is 5. The summed E-state index contributed by atoms with van der Waals surface area (Å²) in [6, 6.07) is 12.4. The summed E-state index contributed by atoms with van der Waals surface area (Å²) in [7, 11) is 0. The number of benzene rings is 2. The number of ketones is 2. The zero-order valence-electron chi connectivity index (χ0n) is 20.9. The van der Waals surface area contributed by atoms with E-state index >= 15 is 0 Å². The summed E-state index contributed by atoms with van der Waals surface area (Å²) >= 11 is 0. The summed E-state index contributed by atoms with van der Waals surface area (Å²) in [5.41, 5.74) is 1.26. The molecule has 36 heavy (non-hydrogen) atoms. The van der Waals surface area contributed by atoms with E-state index in [4.69, 9.17) is 9.47 Å². The van der Waals surface area contributed by atoms with Crippen LogP contribution in [-0.2, 0) is 14.3 Å². The van der Waals surface area contributed by atoms with E-state index in [1.54, 1.807) is 30.3 Å². The third-order valence-electron chi connectivity index (χ3n) is 7.10. The molecular formula is C30H29FO5. The first-order chi connectivity index (χ1) is 16.9. The monoisotopic (exact) mass is 488 g/mol. The van der Waals surface area contributed by atoms with E-state index in [0.29, 0.717) is 48.3 Å². The van der Waals surface area contributed by atoms with Crippen LogP contribution in [0, 0.1) is 16.6 Å². The van der Waals surface area contributed by atoms with Crippen molar-refractivity contribution in [2.75, 3.05) is 0 Å². The van der Waals surface area contributed by atoms with Crippen LogP contribution in [0.15, 0.2) is 71.2 Å². The maximum absolute atomic E-state index is 14.0. The fourth-order valence-corrected chi connectivity index (χ4v) is 5.53. The Morgan fingerprint density at radius 1 is 0.833 bits per heavy atom. The Bertz CT molecular complexity index is 1290. The summed E-state index contributed by atoms with van der Waals surface area (Å²) in [4.78, 5) is 39.1. The van der Waals surface area contributed by atoms with Gasteiger partial charge in [0.15, 0.2) is 11.6 Å². The number of carbonyl (C=O) groups is 3. The van der Waals surface area contributed by atoms with Crippen LogP contribution in [-0.4, -0.2) is 17.5 Å². The van der Waals surface area contributed by atoms with Crippen LogP contribution >= 0.6 is 0 Å². The third kappa shape index (κ3) is 4.41. The highest BCUT2D eigenvalue weighted by atomic mass is 19.1. The van der Waals surface area contributed by atoms with Crippen LogP contribution in [0.3, 0.4) is 0 Å². The number of carbonyl (C=O) groups excluding carboxylic acids is 3. The second-order valence-corrected chi connectivity index (χ2v) is 11.5. The Hall–Kier alpha value is -3.54. The van der Waals surface area contributed by atoms with Gasteiger partial charge in [-0.2, -0.15) is 0 Å². The molecule has 0 spiro atoms. The molecule has 0 atom stereocenters. The summed E-state index contributed by atoms with van der Waals surface area (Å²) in [5.74, 6) is -0.437. The van der Waals surface area contributed by atoms with Crippen molar-refractivity contribution >= 4 is 17.5 Å². The van der Waals surface area contributed by atoms with Gasteiger partial charge in [0.1, 0.15) is 23.1 Å². The molecule has 6 heteroatoms. The molecule has 0 N–H and O–H groups in total. The van der Waals surface area contributed by atoms with Crippen molar-refractivity contribution in [3.8, 4) is 5.75 Å². The molecule has 1 aliphatic heterocycles. The van der Waals surface area contributed by atoms with Crippen LogP contribution in [0.1, 0.15) is 75.2 Å². The van der Waals surface area contributed by atoms with Gasteiger partial charge in [0.25, 0.3) is 0 Å². The van der Waals surface area contributed by atoms with Gasteiger partial charge in [-0.3, -0.25) is 9.59 Å².